The summed E-state index contributed by atoms with van der Waals surface area (Å²) in [7, 11) is 3.84. The first-order chi connectivity index (χ1) is 20.5. The van der Waals surface area contributed by atoms with Crippen molar-refractivity contribution in [3.63, 3.8) is 0 Å². The molecule has 0 amide bonds. The highest BCUT2D eigenvalue weighted by atomic mass is 16.6. The number of hydrogen-bond donors (Lipinski definition) is 0. The van der Waals surface area contributed by atoms with Crippen molar-refractivity contribution in [3.05, 3.63) is 95.1 Å². The Kier molecular flexibility index (Phi) is 7.74. The van der Waals surface area contributed by atoms with Crippen LogP contribution in [0.3, 0.4) is 0 Å². The van der Waals surface area contributed by atoms with Crippen molar-refractivity contribution in [1.82, 2.24) is 0 Å². The zero-order valence-electron chi connectivity index (χ0n) is 25.3. The minimum absolute atomic E-state index is 0.476. The Morgan fingerprint density at radius 1 is 0.786 bits per heavy atom. The van der Waals surface area contributed by atoms with Gasteiger partial charge in [0, 0.05) is 67.2 Å². The van der Waals surface area contributed by atoms with E-state index in [1.165, 1.54) is 11.4 Å². The number of rotatable bonds is 9. The second kappa shape index (κ2) is 11.6. The molecule has 0 saturated heterocycles. The second-order valence-corrected chi connectivity index (χ2v) is 10.9. The highest BCUT2D eigenvalue weighted by molar-refractivity contribution is 5.96. The van der Waals surface area contributed by atoms with Crippen LogP contribution in [-0.4, -0.2) is 47.0 Å². The number of fused-ring (bicyclic) bond motifs is 4. The molecule has 0 N–H and O–H groups in total. The van der Waals surface area contributed by atoms with E-state index in [0.29, 0.717) is 19.8 Å². The van der Waals surface area contributed by atoms with Crippen molar-refractivity contribution < 1.29 is 18.9 Å². The quantitative estimate of drug-likeness (QED) is 0.211. The second-order valence-electron chi connectivity index (χ2n) is 10.9. The molecule has 4 aromatic carbocycles. The van der Waals surface area contributed by atoms with Crippen LogP contribution in [0.15, 0.2) is 72.8 Å². The molecule has 4 aromatic rings. The smallest absolute Gasteiger partial charge is 0.178 e. The number of benzene rings is 4. The third kappa shape index (κ3) is 4.84. The Bertz CT molecular complexity index is 1590. The predicted molar refractivity (Wildman–Crippen MR) is 171 cm³/mol. The number of hydrogen-bond acceptors (Lipinski definition) is 6. The monoisotopic (exact) mass is 564 g/mol. The Morgan fingerprint density at radius 2 is 1.40 bits per heavy atom. The van der Waals surface area contributed by atoms with E-state index in [1.807, 2.05) is 0 Å². The molecule has 218 valence electrons. The van der Waals surface area contributed by atoms with Crippen LogP contribution in [0.2, 0.25) is 0 Å². The minimum Gasteiger partial charge on any atom is -0.486 e. The lowest BCUT2D eigenvalue weighted by molar-refractivity contribution is 0.160. The van der Waals surface area contributed by atoms with Crippen LogP contribution >= 0.6 is 0 Å². The van der Waals surface area contributed by atoms with Gasteiger partial charge in [0.15, 0.2) is 17.1 Å². The molecule has 42 heavy (non-hydrogen) atoms. The molecule has 1 unspecified atom stereocenters. The Hall–Kier alpha value is -4.16. The summed E-state index contributed by atoms with van der Waals surface area (Å²) in [5.74, 6) is 2.33. The summed E-state index contributed by atoms with van der Waals surface area (Å²) in [5.41, 5.74) is 5.78. The van der Waals surface area contributed by atoms with E-state index in [1.54, 1.807) is 7.11 Å². The molecule has 6 nitrogen and oxygen atoms in total. The summed E-state index contributed by atoms with van der Waals surface area (Å²) in [5, 5.41) is 2.02. The van der Waals surface area contributed by atoms with Crippen molar-refractivity contribution >= 4 is 28.2 Å². The highest BCUT2D eigenvalue weighted by Gasteiger charge is 2.38. The zero-order chi connectivity index (χ0) is 29.3. The summed E-state index contributed by atoms with van der Waals surface area (Å²) >= 11 is 0. The molecule has 0 radical (unpaired) electrons. The lowest BCUT2D eigenvalue weighted by Gasteiger charge is -2.38. The molecule has 2 heterocycles. The van der Waals surface area contributed by atoms with E-state index in [-0.39, 0.29) is 0 Å². The number of ether oxygens (including phenoxy) is 4. The maximum Gasteiger partial charge on any atom is 0.178 e. The SMILES string of the molecule is CCN(C)c1ccc(C2(c3ccc(N(CC)CC)cc3)C=Cc3c(COC)cc4cc5c(cc4c3O2)OCCO5)cc1. The lowest BCUT2D eigenvalue weighted by atomic mass is 9.82. The fourth-order valence-electron chi connectivity index (χ4n) is 6.07. The first-order valence-electron chi connectivity index (χ1n) is 14.9. The molecule has 0 spiro atoms. The van der Waals surface area contributed by atoms with Crippen LogP contribution in [0.4, 0.5) is 11.4 Å². The maximum atomic E-state index is 7.30. The van der Waals surface area contributed by atoms with Crippen LogP contribution in [0.5, 0.6) is 17.2 Å². The fraction of sp³-hybridized carbons (Fsp3) is 0.333. The zero-order valence-corrected chi connectivity index (χ0v) is 25.3. The van der Waals surface area contributed by atoms with Crippen LogP contribution in [0.25, 0.3) is 16.8 Å². The van der Waals surface area contributed by atoms with Crippen LogP contribution in [0, 0.1) is 0 Å². The third-order valence-electron chi connectivity index (χ3n) is 8.56. The normalized spacial score (nSPS) is 17.1. The van der Waals surface area contributed by atoms with Gasteiger partial charge < -0.3 is 28.7 Å². The molecule has 1 atom stereocenters. The third-order valence-corrected chi connectivity index (χ3v) is 8.56. The molecule has 2 aliphatic heterocycles. The van der Waals surface area contributed by atoms with Crippen molar-refractivity contribution in [3.8, 4) is 17.2 Å². The fourth-order valence-corrected chi connectivity index (χ4v) is 6.07. The van der Waals surface area contributed by atoms with Crippen LogP contribution in [-0.2, 0) is 16.9 Å². The molecule has 0 saturated carbocycles. The van der Waals surface area contributed by atoms with Gasteiger partial charge in [0.1, 0.15) is 19.0 Å². The van der Waals surface area contributed by atoms with E-state index in [0.717, 1.165) is 69.9 Å². The highest BCUT2D eigenvalue weighted by Crippen LogP contribution is 2.49. The molecule has 0 aliphatic carbocycles. The molecular formula is C36H40N2O4. The molecule has 6 rings (SSSR count). The van der Waals surface area contributed by atoms with Crippen molar-refractivity contribution in [2.75, 3.05) is 56.8 Å². The Balaban J connectivity index is 1.55. The van der Waals surface area contributed by atoms with Gasteiger partial charge in [0.25, 0.3) is 0 Å². The van der Waals surface area contributed by atoms with Gasteiger partial charge in [-0.15, -0.1) is 0 Å². The number of anilines is 2. The first kappa shape index (κ1) is 28.0. The van der Waals surface area contributed by atoms with E-state index in [4.69, 9.17) is 18.9 Å². The first-order valence-corrected chi connectivity index (χ1v) is 14.9. The summed E-state index contributed by atoms with van der Waals surface area (Å²) < 4.78 is 24.8. The van der Waals surface area contributed by atoms with Gasteiger partial charge in [-0.25, -0.2) is 0 Å². The van der Waals surface area contributed by atoms with Gasteiger partial charge in [0.05, 0.1) is 6.61 Å². The van der Waals surface area contributed by atoms with Crippen LogP contribution in [0.1, 0.15) is 43.0 Å². The summed E-state index contributed by atoms with van der Waals surface area (Å²) in [6, 6.07) is 23.8. The largest absolute Gasteiger partial charge is 0.486 e. The van der Waals surface area contributed by atoms with E-state index in [2.05, 4.69) is 117 Å². The molecule has 0 fully saturated rings. The predicted octanol–water partition coefficient (Wildman–Crippen LogP) is 7.41. The number of nitrogens with zero attached hydrogens (tertiary/aromatic N) is 2. The van der Waals surface area contributed by atoms with Gasteiger partial charge in [-0.3, -0.25) is 0 Å². The van der Waals surface area contributed by atoms with Gasteiger partial charge in [-0.1, -0.05) is 30.3 Å². The van der Waals surface area contributed by atoms with Crippen LogP contribution < -0.4 is 24.0 Å². The van der Waals surface area contributed by atoms with Crippen molar-refractivity contribution in [2.45, 2.75) is 33.0 Å². The minimum atomic E-state index is -0.829. The van der Waals surface area contributed by atoms with Gasteiger partial charge in [-0.05, 0) is 80.3 Å². The van der Waals surface area contributed by atoms with E-state index in [9.17, 15) is 0 Å². The molecule has 0 bridgehead atoms. The average Bonchev–Trinajstić information content (AvgIpc) is 3.04. The summed E-state index contributed by atoms with van der Waals surface area (Å²) in [4.78, 5) is 4.59. The Labute approximate surface area is 249 Å². The standard InChI is InChI=1S/C36H40N2O4/c1-6-37(4)29-13-9-27(10-14-29)36(28-11-15-30(16-12-28)38(7-2)8-3)18-17-31-26(24-39-5)21-25-22-33-34(41-20-19-40-33)23-32(25)35(31)42-36/h9-18,21-23H,6-8,19-20,24H2,1-5H3. The summed E-state index contributed by atoms with van der Waals surface area (Å²) in [6.45, 7) is 10.9. The Morgan fingerprint density at radius 3 is 2.00 bits per heavy atom. The summed E-state index contributed by atoms with van der Waals surface area (Å²) in [6.07, 6.45) is 4.40. The number of methoxy groups -OCH3 is 1. The topological polar surface area (TPSA) is 43.4 Å². The van der Waals surface area contributed by atoms with E-state index >= 15 is 0 Å². The van der Waals surface area contributed by atoms with Gasteiger partial charge in [-0.2, -0.15) is 0 Å². The maximum absolute atomic E-state index is 7.30. The molecule has 6 heteroatoms. The molecular weight excluding hydrogens is 524 g/mol. The van der Waals surface area contributed by atoms with Gasteiger partial charge in [0.2, 0.25) is 0 Å². The average molecular weight is 565 g/mol. The van der Waals surface area contributed by atoms with Crippen molar-refractivity contribution in [1.29, 1.82) is 0 Å². The van der Waals surface area contributed by atoms with Gasteiger partial charge >= 0.3 is 0 Å². The molecule has 0 aromatic heterocycles. The molecule has 2 aliphatic rings. The lowest BCUT2D eigenvalue weighted by Crippen LogP contribution is -2.35. The van der Waals surface area contributed by atoms with Crippen molar-refractivity contribution in [2.24, 2.45) is 0 Å². The van der Waals surface area contributed by atoms with E-state index < -0.39 is 5.60 Å².